The third kappa shape index (κ3) is 4.20. The lowest BCUT2D eigenvalue weighted by Crippen LogP contribution is -2.44. The minimum absolute atomic E-state index is 0.0997. The second-order valence-corrected chi connectivity index (χ2v) is 7.63. The molecule has 0 radical (unpaired) electrons. The highest BCUT2D eigenvalue weighted by Crippen LogP contribution is 2.20. The number of carbonyl (C=O) groups excluding carboxylic acids is 2. The maximum Gasteiger partial charge on any atom is 0.332 e. The molecule has 2 heterocycles. The molecule has 0 aliphatic heterocycles. The van der Waals surface area contributed by atoms with Crippen molar-refractivity contribution in [2.45, 2.75) is 19.0 Å². The molecule has 3 aromatic rings. The number of rotatable bonds is 6. The zero-order valence-electron chi connectivity index (χ0n) is 16.6. The molecule has 11 heteroatoms. The van der Waals surface area contributed by atoms with Gasteiger partial charge in [0.25, 0.3) is 5.56 Å². The van der Waals surface area contributed by atoms with Crippen molar-refractivity contribution in [2.75, 3.05) is 7.11 Å². The predicted molar refractivity (Wildman–Crippen MR) is 112 cm³/mol. The number of hydrogen-bond acceptors (Lipinski definition) is 6. The Kier molecular flexibility index (Phi) is 6.20. The second kappa shape index (κ2) is 8.66. The van der Waals surface area contributed by atoms with Gasteiger partial charge < -0.3 is 14.6 Å². The molecular weight excluding hydrogens is 458 g/mol. The number of nitrogens with one attached hydrogen (secondary N) is 1. The predicted octanol–water partition coefficient (Wildman–Crippen LogP) is 0.617. The van der Waals surface area contributed by atoms with E-state index in [9.17, 15) is 19.2 Å². The van der Waals surface area contributed by atoms with E-state index in [0.717, 1.165) is 9.04 Å². The Morgan fingerprint density at radius 1 is 1.20 bits per heavy atom. The number of methoxy groups -OCH3 is 1. The first kappa shape index (κ1) is 21.5. The highest BCUT2D eigenvalue weighted by atomic mass is 79.9. The van der Waals surface area contributed by atoms with Crippen molar-refractivity contribution in [1.29, 1.82) is 0 Å². The van der Waals surface area contributed by atoms with Gasteiger partial charge in [0, 0.05) is 18.6 Å². The Morgan fingerprint density at radius 2 is 1.87 bits per heavy atom. The van der Waals surface area contributed by atoms with Crippen LogP contribution in [0, 0.1) is 0 Å². The fraction of sp³-hybridized carbons (Fsp3) is 0.316. The summed E-state index contributed by atoms with van der Waals surface area (Å²) in [7, 11) is 4.37. The van der Waals surface area contributed by atoms with Crippen LogP contribution >= 0.6 is 15.9 Å². The fourth-order valence-electron chi connectivity index (χ4n) is 3.12. The fourth-order valence-corrected chi connectivity index (χ4v) is 3.38. The van der Waals surface area contributed by atoms with E-state index < -0.39 is 35.7 Å². The highest BCUT2D eigenvalue weighted by molar-refractivity contribution is 9.10. The zero-order valence-corrected chi connectivity index (χ0v) is 18.2. The molecule has 1 N–H and O–H groups in total. The third-order valence-electron chi connectivity index (χ3n) is 4.71. The molecule has 0 aliphatic rings. The molecule has 0 saturated carbocycles. The first-order valence-corrected chi connectivity index (χ1v) is 9.74. The molecule has 30 heavy (non-hydrogen) atoms. The smallest absolute Gasteiger partial charge is 0.332 e. The van der Waals surface area contributed by atoms with Gasteiger partial charge in [-0.05, 0) is 17.7 Å². The largest absolute Gasteiger partial charge is 0.469 e. The molecular formula is C19H20BrN5O5. The minimum Gasteiger partial charge on any atom is -0.469 e. The Balaban J connectivity index is 1.91. The van der Waals surface area contributed by atoms with Crippen LogP contribution < -0.4 is 16.6 Å². The summed E-state index contributed by atoms with van der Waals surface area (Å²) in [6.07, 6.45) is 1.33. The first-order valence-electron chi connectivity index (χ1n) is 8.95. The Labute approximate surface area is 179 Å². The molecule has 0 fully saturated rings. The van der Waals surface area contributed by atoms with Crippen molar-refractivity contribution in [1.82, 2.24) is 24.0 Å². The topological polar surface area (TPSA) is 117 Å². The quantitative estimate of drug-likeness (QED) is 0.520. The van der Waals surface area contributed by atoms with Crippen molar-refractivity contribution < 1.29 is 14.3 Å². The van der Waals surface area contributed by atoms with Gasteiger partial charge in [-0.1, -0.05) is 28.1 Å². The SMILES string of the molecule is COC(=O)C[C@@H](NC(=O)Cn1c(=O)c2c(ncn2C)n(C)c1=O)c1ccc(Br)cc1. The van der Waals surface area contributed by atoms with E-state index in [-0.39, 0.29) is 17.6 Å². The number of aromatic nitrogens is 4. The van der Waals surface area contributed by atoms with Gasteiger partial charge in [0.2, 0.25) is 5.91 Å². The number of aryl methyl sites for hydroxylation is 2. The average molecular weight is 478 g/mol. The van der Waals surface area contributed by atoms with E-state index in [0.29, 0.717) is 5.56 Å². The number of benzene rings is 1. The summed E-state index contributed by atoms with van der Waals surface area (Å²) >= 11 is 3.34. The van der Waals surface area contributed by atoms with Crippen LogP contribution in [0.5, 0.6) is 0 Å². The van der Waals surface area contributed by atoms with Crippen molar-refractivity contribution in [3.63, 3.8) is 0 Å². The van der Waals surface area contributed by atoms with Crippen LogP contribution in [0.4, 0.5) is 0 Å². The van der Waals surface area contributed by atoms with Crippen LogP contribution in [0.2, 0.25) is 0 Å². The van der Waals surface area contributed by atoms with E-state index >= 15 is 0 Å². The van der Waals surface area contributed by atoms with Crippen LogP contribution in [0.25, 0.3) is 11.2 Å². The lowest BCUT2D eigenvalue weighted by Gasteiger charge is -2.19. The first-order chi connectivity index (χ1) is 14.2. The lowest BCUT2D eigenvalue weighted by molar-refractivity contribution is -0.141. The zero-order chi connectivity index (χ0) is 22.0. The standard InChI is InChI=1S/C19H20BrN5O5/c1-23-10-21-17-16(23)18(28)25(19(29)24(17)2)9-14(26)22-13(8-15(27)30-3)11-4-6-12(20)7-5-11/h4-7,10,13H,8-9H2,1-3H3,(H,22,26)/t13-/m1/s1. The summed E-state index contributed by atoms with van der Waals surface area (Å²) in [4.78, 5) is 53.9. The maximum atomic E-state index is 12.8. The molecule has 1 atom stereocenters. The summed E-state index contributed by atoms with van der Waals surface area (Å²) in [5, 5.41) is 2.71. The average Bonchev–Trinajstić information content (AvgIpc) is 3.11. The molecule has 3 rings (SSSR count). The van der Waals surface area contributed by atoms with Crippen molar-refractivity contribution >= 4 is 39.0 Å². The molecule has 0 aliphatic carbocycles. The number of carbonyl (C=O) groups is 2. The number of ether oxygens (including phenoxy) is 1. The number of amides is 1. The summed E-state index contributed by atoms with van der Waals surface area (Å²) in [6.45, 7) is -0.499. The van der Waals surface area contributed by atoms with E-state index in [1.807, 2.05) is 0 Å². The third-order valence-corrected chi connectivity index (χ3v) is 5.24. The molecule has 0 saturated heterocycles. The van der Waals surface area contributed by atoms with Crippen molar-refractivity contribution in [3.8, 4) is 0 Å². The summed E-state index contributed by atoms with van der Waals surface area (Å²) in [5.41, 5.74) is -0.142. The molecule has 0 bridgehead atoms. The number of halogens is 1. The molecule has 0 spiro atoms. The number of nitrogens with zero attached hydrogens (tertiary/aromatic N) is 4. The van der Waals surface area contributed by atoms with Crippen LogP contribution in [0.15, 0.2) is 44.7 Å². The van der Waals surface area contributed by atoms with Crippen LogP contribution in [0.1, 0.15) is 18.0 Å². The van der Waals surface area contributed by atoms with Crippen LogP contribution in [0.3, 0.4) is 0 Å². The van der Waals surface area contributed by atoms with Gasteiger partial charge in [-0.3, -0.25) is 19.0 Å². The Bertz CT molecular complexity index is 1230. The van der Waals surface area contributed by atoms with Gasteiger partial charge in [0.05, 0.1) is 25.9 Å². The summed E-state index contributed by atoms with van der Waals surface area (Å²) < 4.78 is 9.11. The monoisotopic (exact) mass is 477 g/mol. The number of fused-ring (bicyclic) bond motifs is 1. The van der Waals surface area contributed by atoms with Gasteiger partial charge in [0.1, 0.15) is 6.54 Å². The number of hydrogen-bond donors (Lipinski definition) is 1. The molecule has 10 nitrogen and oxygen atoms in total. The molecule has 1 amide bonds. The second-order valence-electron chi connectivity index (χ2n) is 6.71. The normalized spacial score (nSPS) is 12.0. The van der Waals surface area contributed by atoms with Crippen LogP contribution in [-0.2, 0) is 35.0 Å². The van der Waals surface area contributed by atoms with Gasteiger partial charge in [-0.25, -0.2) is 14.3 Å². The van der Waals surface area contributed by atoms with Gasteiger partial charge in [-0.2, -0.15) is 0 Å². The van der Waals surface area contributed by atoms with Gasteiger partial charge in [0.15, 0.2) is 11.2 Å². The molecule has 158 valence electrons. The summed E-state index contributed by atoms with van der Waals surface area (Å²) in [6, 6.07) is 6.39. The minimum atomic E-state index is -0.682. The van der Waals surface area contributed by atoms with Gasteiger partial charge in [-0.15, -0.1) is 0 Å². The Hall–Kier alpha value is -3.21. The van der Waals surface area contributed by atoms with E-state index in [4.69, 9.17) is 4.74 Å². The van der Waals surface area contributed by atoms with Crippen molar-refractivity contribution in [2.24, 2.45) is 14.1 Å². The maximum absolute atomic E-state index is 12.8. The van der Waals surface area contributed by atoms with E-state index in [2.05, 4.69) is 26.2 Å². The lowest BCUT2D eigenvalue weighted by atomic mass is 10.0. The molecule has 2 aromatic heterocycles. The van der Waals surface area contributed by atoms with Gasteiger partial charge >= 0.3 is 11.7 Å². The molecule has 0 unspecified atom stereocenters. The number of imidazole rings is 1. The number of esters is 1. The summed E-state index contributed by atoms with van der Waals surface area (Å²) in [5.74, 6) is -1.10. The van der Waals surface area contributed by atoms with Crippen molar-refractivity contribution in [3.05, 3.63) is 61.5 Å². The molecule has 1 aromatic carbocycles. The Morgan fingerprint density at radius 3 is 2.50 bits per heavy atom. The van der Waals surface area contributed by atoms with E-state index in [1.54, 1.807) is 31.3 Å². The van der Waals surface area contributed by atoms with E-state index in [1.165, 1.54) is 29.6 Å². The van der Waals surface area contributed by atoms with Crippen LogP contribution in [-0.4, -0.2) is 37.7 Å². The highest BCUT2D eigenvalue weighted by Gasteiger charge is 2.21.